The van der Waals surface area contributed by atoms with Crippen LogP contribution in [0.5, 0.6) is 0 Å². The van der Waals surface area contributed by atoms with E-state index in [1.54, 1.807) is 12.4 Å². The zero-order valence-corrected chi connectivity index (χ0v) is 16.8. The van der Waals surface area contributed by atoms with Crippen LogP contribution < -0.4 is 0 Å². The molecular formula is C22H29N5O2. The summed E-state index contributed by atoms with van der Waals surface area (Å²) in [4.78, 5) is 42.1. The van der Waals surface area contributed by atoms with Gasteiger partial charge >= 0.3 is 0 Å². The second kappa shape index (κ2) is 7.76. The molecule has 1 aliphatic carbocycles. The van der Waals surface area contributed by atoms with E-state index in [-0.39, 0.29) is 29.6 Å². The van der Waals surface area contributed by atoms with Crippen molar-refractivity contribution in [1.29, 1.82) is 0 Å². The first kappa shape index (κ1) is 18.6. The van der Waals surface area contributed by atoms with Gasteiger partial charge in [0.25, 0.3) is 0 Å². The number of aromatic amines is 1. The molecule has 2 amide bonds. The molecule has 1 saturated carbocycles. The van der Waals surface area contributed by atoms with E-state index < -0.39 is 0 Å². The van der Waals surface area contributed by atoms with Gasteiger partial charge in [0, 0.05) is 44.2 Å². The highest BCUT2D eigenvalue weighted by Gasteiger charge is 2.37. The van der Waals surface area contributed by atoms with Crippen molar-refractivity contribution in [2.45, 2.75) is 50.9 Å². The lowest BCUT2D eigenvalue weighted by atomic mass is 9.95. The Labute approximate surface area is 170 Å². The lowest BCUT2D eigenvalue weighted by Crippen LogP contribution is -2.47. The van der Waals surface area contributed by atoms with Crippen molar-refractivity contribution in [1.82, 2.24) is 24.8 Å². The molecule has 2 saturated heterocycles. The van der Waals surface area contributed by atoms with Crippen LogP contribution in [-0.4, -0.2) is 62.7 Å². The minimum absolute atomic E-state index is 0.0484. The minimum atomic E-state index is -0.0484. The number of nitrogens with zero attached hydrogens (tertiary/aromatic N) is 4. The van der Waals surface area contributed by atoms with E-state index in [1.807, 2.05) is 15.9 Å². The molecule has 2 aromatic heterocycles. The quantitative estimate of drug-likeness (QED) is 0.866. The molecule has 0 spiro atoms. The summed E-state index contributed by atoms with van der Waals surface area (Å²) < 4.78 is 0. The van der Waals surface area contributed by atoms with Crippen molar-refractivity contribution in [3.8, 4) is 0 Å². The zero-order chi connectivity index (χ0) is 19.8. The fourth-order valence-corrected chi connectivity index (χ4v) is 5.32. The zero-order valence-electron chi connectivity index (χ0n) is 16.8. The summed E-state index contributed by atoms with van der Waals surface area (Å²) in [5.41, 5.74) is 1.87. The number of nitrogens with one attached hydrogen (secondary N) is 1. The van der Waals surface area contributed by atoms with E-state index in [1.165, 1.54) is 12.8 Å². The maximum atomic E-state index is 13.2. The Morgan fingerprint density at radius 3 is 2.52 bits per heavy atom. The van der Waals surface area contributed by atoms with Crippen LogP contribution in [0.3, 0.4) is 0 Å². The standard InChI is InChI=1S/C22H29N5O2/c28-21(15-4-1-2-5-15)26-10-3-6-17(14-26)22(29)27-11-8-16(13-27)20-24-18-7-9-23-12-19(18)25-20/h7,9,12,15-17H,1-6,8,10-11,13-14H2,(H,24,25). The van der Waals surface area contributed by atoms with Crippen LogP contribution in [0, 0.1) is 11.8 Å². The number of amides is 2. The SMILES string of the molecule is O=C(C1CCCC1)N1CCCC(C(=O)N2CCC(c3nc4ccncc4[nH]3)C2)C1. The second-order valence-electron chi connectivity index (χ2n) is 8.89. The third kappa shape index (κ3) is 3.63. The molecule has 3 aliphatic rings. The Balaban J connectivity index is 1.22. The predicted molar refractivity (Wildman–Crippen MR) is 109 cm³/mol. The largest absolute Gasteiger partial charge is 0.342 e. The van der Waals surface area contributed by atoms with E-state index in [0.717, 1.165) is 62.1 Å². The van der Waals surface area contributed by atoms with Crippen molar-refractivity contribution < 1.29 is 9.59 Å². The Morgan fingerprint density at radius 2 is 1.69 bits per heavy atom. The molecule has 7 heteroatoms. The predicted octanol–water partition coefficient (Wildman–Crippen LogP) is 2.70. The lowest BCUT2D eigenvalue weighted by Gasteiger charge is -2.35. The summed E-state index contributed by atoms with van der Waals surface area (Å²) in [6, 6.07) is 1.91. The molecule has 0 bridgehead atoms. The molecule has 4 heterocycles. The van der Waals surface area contributed by atoms with Crippen LogP contribution >= 0.6 is 0 Å². The molecule has 5 rings (SSSR count). The minimum Gasteiger partial charge on any atom is -0.342 e. The summed E-state index contributed by atoms with van der Waals surface area (Å²) in [5, 5.41) is 0. The molecule has 29 heavy (non-hydrogen) atoms. The monoisotopic (exact) mass is 395 g/mol. The number of rotatable bonds is 3. The number of carbonyl (C=O) groups excluding carboxylic acids is 2. The van der Waals surface area contributed by atoms with Crippen molar-refractivity contribution in [2.24, 2.45) is 11.8 Å². The van der Waals surface area contributed by atoms with Crippen LogP contribution in [-0.2, 0) is 9.59 Å². The van der Waals surface area contributed by atoms with Gasteiger partial charge in [-0.1, -0.05) is 12.8 Å². The van der Waals surface area contributed by atoms with E-state index in [2.05, 4.69) is 9.97 Å². The summed E-state index contributed by atoms with van der Waals surface area (Å²) in [6.07, 6.45) is 10.7. The molecule has 7 nitrogen and oxygen atoms in total. The highest BCUT2D eigenvalue weighted by Crippen LogP contribution is 2.31. The number of piperidine rings is 1. The van der Waals surface area contributed by atoms with Gasteiger partial charge in [0.1, 0.15) is 5.82 Å². The van der Waals surface area contributed by atoms with Gasteiger partial charge < -0.3 is 14.8 Å². The summed E-state index contributed by atoms with van der Waals surface area (Å²) in [6.45, 7) is 2.89. The van der Waals surface area contributed by atoms with Gasteiger partial charge in [0.15, 0.2) is 0 Å². The number of carbonyl (C=O) groups is 2. The Kier molecular flexibility index (Phi) is 4.97. The molecule has 3 fully saturated rings. The molecule has 1 N–H and O–H groups in total. The number of H-pyrrole nitrogens is 1. The van der Waals surface area contributed by atoms with Crippen molar-refractivity contribution >= 4 is 22.8 Å². The van der Waals surface area contributed by atoms with E-state index >= 15 is 0 Å². The Morgan fingerprint density at radius 1 is 0.931 bits per heavy atom. The number of aromatic nitrogens is 3. The molecule has 0 radical (unpaired) electrons. The molecule has 2 aromatic rings. The Hall–Kier alpha value is -2.44. The molecule has 2 atom stereocenters. The number of hydrogen-bond acceptors (Lipinski definition) is 4. The summed E-state index contributed by atoms with van der Waals surface area (Å²) >= 11 is 0. The van der Waals surface area contributed by atoms with Gasteiger partial charge in [-0.15, -0.1) is 0 Å². The average molecular weight is 396 g/mol. The molecule has 2 aliphatic heterocycles. The number of imidazole rings is 1. The van der Waals surface area contributed by atoms with Gasteiger partial charge in [-0.25, -0.2) is 4.98 Å². The molecule has 0 aromatic carbocycles. The van der Waals surface area contributed by atoms with Crippen LogP contribution in [0.4, 0.5) is 0 Å². The van der Waals surface area contributed by atoms with E-state index in [0.29, 0.717) is 13.1 Å². The normalized spacial score (nSPS) is 25.8. The fraction of sp³-hybridized carbons (Fsp3) is 0.636. The van der Waals surface area contributed by atoms with Crippen molar-refractivity contribution in [2.75, 3.05) is 26.2 Å². The maximum absolute atomic E-state index is 13.2. The van der Waals surface area contributed by atoms with Crippen LogP contribution in [0.1, 0.15) is 56.7 Å². The molecule has 2 unspecified atom stereocenters. The highest BCUT2D eigenvalue weighted by atomic mass is 16.2. The average Bonchev–Trinajstić information content (AvgIpc) is 3.52. The van der Waals surface area contributed by atoms with E-state index in [9.17, 15) is 9.59 Å². The number of pyridine rings is 1. The Bertz CT molecular complexity index is 870. The number of fused-ring (bicyclic) bond motifs is 1. The first-order valence-electron chi connectivity index (χ1n) is 11.1. The number of likely N-dealkylation sites (tertiary alicyclic amines) is 2. The van der Waals surface area contributed by atoms with Crippen molar-refractivity contribution in [3.63, 3.8) is 0 Å². The maximum Gasteiger partial charge on any atom is 0.227 e. The first-order chi connectivity index (χ1) is 14.2. The van der Waals surface area contributed by atoms with Gasteiger partial charge in [-0.05, 0) is 38.2 Å². The second-order valence-corrected chi connectivity index (χ2v) is 8.89. The summed E-state index contributed by atoms with van der Waals surface area (Å²) in [5.74, 6) is 1.84. The fourth-order valence-electron chi connectivity index (χ4n) is 5.32. The van der Waals surface area contributed by atoms with Gasteiger partial charge in [-0.3, -0.25) is 14.6 Å². The van der Waals surface area contributed by atoms with E-state index in [4.69, 9.17) is 4.98 Å². The van der Waals surface area contributed by atoms with Gasteiger partial charge in [0.2, 0.25) is 11.8 Å². The topological polar surface area (TPSA) is 82.2 Å². The number of hydrogen-bond donors (Lipinski definition) is 1. The van der Waals surface area contributed by atoms with Crippen LogP contribution in [0.15, 0.2) is 18.5 Å². The van der Waals surface area contributed by atoms with Gasteiger partial charge in [0.05, 0.1) is 23.1 Å². The smallest absolute Gasteiger partial charge is 0.227 e. The first-order valence-corrected chi connectivity index (χ1v) is 11.1. The lowest BCUT2D eigenvalue weighted by molar-refractivity contribution is -0.142. The summed E-state index contributed by atoms with van der Waals surface area (Å²) in [7, 11) is 0. The van der Waals surface area contributed by atoms with Crippen LogP contribution in [0.25, 0.3) is 11.0 Å². The highest BCUT2D eigenvalue weighted by molar-refractivity contribution is 5.83. The van der Waals surface area contributed by atoms with Gasteiger partial charge in [-0.2, -0.15) is 0 Å². The molecular weight excluding hydrogens is 366 g/mol. The third-order valence-corrected chi connectivity index (χ3v) is 6.98. The third-order valence-electron chi connectivity index (χ3n) is 6.98. The van der Waals surface area contributed by atoms with Crippen LogP contribution in [0.2, 0.25) is 0 Å². The van der Waals surface area contributed by atoms with Crippen molar-refractivity contribution in [3.05, 3.63) is 24.3 Å². The molecule has 154 valence electrons.